The average molecular weight is 206 g/mol. The molecule has 1 amide bonds. The van der Waals surface area contributed by atoms with E-state index in [-0.39, 0.29) is 5.91 Å². The van der Waals surface area contributed by atoms with Gasteiger partial charge in [-0.1, -0.05) is 0 Å². The molecule has 0 aliphatic carbocycles. The molecule has 0 saturated heterocycles. The summed E-state index contributed by atoms with van der Waals surface area (Å²) in [6, 6.07) is 3.56. The Morgan fingerprint density at radius 1 is 1.47 bits per heavy atom. The van der Waals surface area contributed by atoms with Crippen LogP contribution in [0.2, 0.25) is 0 Å². The third kappa shape index (κ3) is 1.63. The highest BCUT2D eigenvalue weighted by Gasteiger charge is 2.15. The van der Waals surface area contributed by atoms with Gasteiger partial charge in [-0.3, -0.25) is 4.79 Å². The second kappa shape index (κ2) is 3.81. The van der Waals surface area contributed by atoms with E-state index in [1.807, 2.05) is 19.9 Å². The van der Waals surface area contributed by atoms with E-state index in [0.717, 1.165) is 24.2 Å². The molecule has 0 spiro atoms. The van der Waals surface area contributed by atoms with E-state index in [1.54, 1.807) is 17.2 Å². The normalized spacial score (nSPS) is 10.8. The number of hydrogen-bond acceptors (Lipinski definition) is 2. The van der Waals surface area contributed by atoms with Gasteiger partial charge in [0.2, 0.25) is 0 Å². The number of hydrogen-bond donors (Lipinski definition) is 1. The first-order valence-electron chi connectivity index (χ1n) is 5.11. The Labute approximate surface area is 87.9 Å². The minimum Gasteiger partial charge on any atom is -0.463 e. The van der Waals surface area contributed by atoms with Gasteiger partial charge >= 0.3 is 0 Å². The van der Waals surface area contributed by atoms with Gasteiger partial charge in [0, 0.05) is 25.2 Å². The molecule has 2 rings (SSSR count). The van der Waals surface area contributed by atoms with Crippen LogP contribution in [-0.4, -0.2) is 28.9 Å². The number of rotatable bonds is 3. The number of carbonyl (C=O) groups is 1. The summed E-state index contributed by atoms with van der Waals surface area (Å²) >= 11 is 0. The number of amides is 1. The van der Waals surface area contributed by atoms with Crippen LogP contribution in [-0.2, 0) is 0 Å². The van der Waals surface area contributed by atoms with Crippen molar-refractivity contribution in [2.75, 3.05) is 13.1 Å². The van der Waals surface area contributed by atoms with Gasteiger partial charge in [-0.2, -0.15) is 0 Å². The van der Waals surface area contributed by atoms with Crippen molar-refractivity contribution in [3.63, 3.8) is 0 Å². The number of aromatic nitrogens is 1. The second-order valence-corrected chi connectivity index (χ2v) is 3.36. The van der Waals surface area contributed by atoms with E-state index < -0.39 is 0 Å². The van der Waals surface area contributed by atoms with Crippen molar-refractivity contribution < 1.29 is 9.21 Å². The van der Waals surface area contributed by atoms with Crippen molar-refractivity contribution in [2.24, 2.45) is 0 Å². The summed E-state index contributed by atoms with van der Waals surface area (Å²) in [5, 5.41) is 0. The maximum atomic E-state index is 11.9. The molecule has 0 aliphatic heterocycles. The number of fused-ring (bicyclic) bond motifs is 1. The third-order valence-electron chi connectivity index (χ3n) is 2.52. The van der Waals surface area contributed by atoms with Gasteiger partial charge in [0.1, 0.15) is 5.69 Å². The van der Waals surface area contributed by atoms with Crippen LogP contribution in [0.15, 0.2) is 22.8 Å². The molecule has 2 heterocycles. The molecule has 4 heteroatoms. The van der Waals surface area contributed by atoms with Crippen molar-refractivity contribution in [3.05, 3.63) is 24.1 Å². The predicted molar refractivity (Wildman–Crippen MR) is 57.8 cm³/mol. The minimum atomic E-state index is 0.0198. The molecule has 0 aliphatic rings. The fourth-order valence-corrected chi connectivity index (χ4v) is 1.64. The van der Waals surface area contributed by atoms with Crippen LogP contribution in [0.1, 0.15) is 24.3 Å². The summed E-state index contributed by atoms with van der Waals surface area (Å²) in [7, 11) is 0. The molecule has 0 bridgehead atoms. The topological polar surface area (TPSA) is 49.2 Å². The summed E-state index contributed by atoms with van der Waals surface area (Å²) in [5.41, 5.74) is 2.18. The van der Waals surface area contributed by atoms with E-state index in [2.05, 4.69) is 4.98 Å². The van der Waals surface area contributed by atoms with Crippen LogP contribution in [0.3, 0.4) is 0 Å². The fraction of sp³-hybridized carbons (Fsp3) is 0.364. The molecule has 0 aromatic carbocycles. The molecule has 2 aromatic rings. The van der Waals surface area contributed by atoms with Crippen LogP contribution >= 0.6 is 0 Å². The first-order chi connectivity index (χ1) is 7.26. The summed E-state index contributed by atoms with van der Waals surface area (Å²) in [4.78, 5) is 16.7. The number of nitrogens with zero attached hydrogens (tertiary/aromatic N) is 1. The van der Waals surface area contributed by atoms with Crippen molar-refractivity contribution in [1.82, 2.24) is 9.88 Å². The Balaban J connectivity index is 2.30. The molecular weight excluding hydrogens is 192 g/mol. The summed E-state index contributed by atoms with van der Waals surface area (Å²) < 4.78 is 5.19. The molecule has 0 unspecified atom stereocenters. The van der Waals surface area contributed by atoms with E-state index in [0.29, 0.717) is 5.69 Å². The van der Waals surface area contributed by atoms with Crippen molar-refractivity contribution in [1.29, 1.82) is 0 Å². The van der Waals surface area contributed by atoms with Crippen molar-refractivity contribution in [3.8, 4) is 0 Å². The second-order valence-electron chi connectivity index (χ2n) is 3.36. The quantitative estimate of drug-likeness (QED) is 0.837. The lowest BCUT2D eigenvalue weighted by molar-refractivity contribution is 0.0768. The maximum Gasteiger partial charge on any atom is 0.270 e. The number of aromatic amines is 1. The molecule has 15 heavy (non-hydrogen) atoms. The fourth-order valence-electron chi connectivity index (χ4n) is 1.64. The van der Waals surface area contributed by atoms with Gasteiger partial charge in [-0.25, -0.2) is 0 Å². The van der Waals surface area contributed by atoms with Crippen LogP contribution in [0, 0.1) is 0 Å². The van der Waals surface area contributed by atoms with Crippen LogP contribution in [0.4, 0.5) is 0 Å². The van der Waals surface area contributed by atoms with Crippen LogP contribution < -0.4 is 0 Å². The third-order valence-corrected chi connectivity index (χ3v) is 2.52. The van der Waals surface area contributed by atoms with Crippen LogP contribution in [0.25, 0.3) is 11.1 Å². The summed E-state index contributed by atoms with van der Waals surface area (Å²) in [6.45, 7) is 5.37. The lowest BCUT2D eigenvalue weighted by Gasteiger charge is -2.17. The van der Waals surface area contributed by atoms with Gasteiger partial charge in [0.05, 0.1) is 11.8 Å². The molecule has 80 valence electrons. The van der Waals surface area contributed by atoms with Gasteiger partial charge in [0.15, 0.2) is 5.58 Å². The van der Waals surface area contributed by atoms with E-state index >= 15 is 0 Å². The van der Waals surface area contributed by atoms with Gasteiger partial charge in [-0.15, -0.1) is 0 Å². The molecule has 0 atom stereocenters. The van der Waals surface area contributed by atoms with E-state index in [1.165, 1.54) is 0 Å². The first kappa shape index (κ1) is 9.83. The standard InChI is InChI=1S/C11H14N2O2/c1-3-13(4-2)11(14)9-7-10-8(12-9)5-6-15-10/h5-7,12H,3-4H2,1-2H3. The average Bonchev–Trinajstić information content (AvgIpc) is 2.78. The van der Waals surface area contributed by atoms with Crippen molar-refractivity contribution >= 4 is 17.0 Å². The zero-order valence-electron chi connectivity index (χ0n) is 8.91. The lowest BCUT2D eigenvalue weighted by Crippen LogP contribution is -2.30. The van der Waals surface area contributed by atoms with Gasteiger partial charge in [-0.05, 0) is 13.8 Å². The molecule has 0 saturated carbocycles. The SMILES string of the molecule is CCN(CC)C(=O)c1cc2occc2[nH]1. The van der Waals surface area contributed by atoms with Crippen LogP contribution in [0.5, 0.6) is 0 Å². The zero-order valence-corrected chi connectivity index (χ0v) is 8.91. The minimum absolute atomic E-state index is 0.0198. The zero-order chi connectivity index (χ0) is 10.8. The number of carbonyl (C=O) groups excluding carboxylic acids is 1. The van der Waals surface area contributed by atoms with Crippen molar-refractivity contribution in [2.45, 2.75) is 13.8 Å². The number of H-pyrrole nitrogens is 1. The largest absolute Gasteiger partial charge is 0.463 e. The van der Waals surface area contributed by atoms with E-state index in [9.17, 15) is 4.79 Å². The molecule has 0 radical (unpaired) electrons. The van der Waals surface area contributed by atoms with E-state index in [4.69, 9.17) is 4.42 Å². The van der Waals surface area contributed by atoms with Gasteiger partial charge in [0.25, 0.3) is 5.91 Å². The monoisotopic (exact) mass is 206 g/mol. The Morgan fingerprint density at radius 3 is 2.80 bits per heavy atom. The molecular formula is C11H14N2O2. The Kier molecular flexibility index (Phi) is 2.49. The number of furan rings is 1. The first-order valence-corrected chi connectivity index (χ1v) is 5.11. The number of nitrogens with one attached hydrogen (secondary N) is 1. The summed E-state index contributed by atoms with van der Waals surface area (Å²) in [5.74, 6) is 0.0198. The highest BCUT2D eigenvalue weighted by Crippen LogP contribution is 2.17. The predicted octanol–water partition coefficient (Wildman–Crippen LogP) is 2.24. The smallest absolute Gasteiger partial charge is 0.270 e. The molecule has 4 nitrogen and oxygen atoms in total. The highest BCUT2D eigenvalue weighted by molar-refractivity contribution is 5.96. The highest BCUT2D eigenvalue weighted by atomic mass is 16.3. The summed E-state index contributed by atoms with van der Waals surface area (Å²) in [6.07, 6.45) is 1.60. The Hall–Kier alpha value is -1.71. The molecule has 0 fully saturated rings. The molecule has 1 N–H and O–H groups in total. The Bertz CT molecular complexity index is 437. The molecule has 2 aromatic heterocycles. The maximum absolute atomic E-state index is 11.9. The Morgan fingerprint density at radius 2 is 2.20 bits per heavy atom. The lowest BCUT2D eigenvalue weighted by atomic mass is 10.3. The van der Waals surface area contributed by atoms with Gasteiger partial charge < -0.3 is 14.3 Å².